The summed E-state index contributed by atoms with van der Waals surface area (Å²) in [6, 6.07) is 20.0. The first kappa shape index (κ1) is 24.4. The summed E-state index contributed by atoms with van der Waals surface area (Å²) in [4.78, 5) is 77.3. The lowest BCUT2D eigenvalue weighted by Gasteiger charge is -2.14. The Balaban J connectivity index is 1.37. The van der Waals surface area contributed by atoms with Crippen LogP contribution in [0.25, 0.3) is 11.1 Å². The maximum atomic E-state index is 13.5. The predicted octanol–water partition coefficient (Wildman–Crippen LogP) is 4.35. The molecule has 4 amide bonds. The molecule has 0 bridgehead atoms. The monoisotopic (exact) mass is 532 g/mol. The Morgan fingerprint density at radius 2 is 0.975 bits per heavy atom. The summed E-state index contributed by atoms with van der Waals surface area (Å²) in [6.07, 6.45) is 0. The van der Waals surface area contributed by atoms with Gasteiger partial charge in [0.1, 0.15) is 0 Å². The van der Waals surface area contributed by atoms with Gasteiger partial charge in [-0.2, -0.15) is 0 Å². The number of hydrogen-bond donors (Lipinski definition) is 2. The second kappa shape index (κ2) is 8.84. The van der Waals surface area contributed by atoms with E-state index in [9.17, 15) is 28.8 Å². The van der Waals surface area contributed by atoms with Crippen molar-refractivity contribution in [1.29, 1.82) is 0 Å². The number of nitrogens with zero attached hydrogens (tertiary/aromatic N) is 2. The van der Waals surface area contributed by atoms with Gasteiger partial charge in [-0.1, -0.05) is 18.2 Å². The van der Waals surface area contributed by atoms with Crippen LogP contribution >= 0.6 is 0 Å². The van der Waals surface area contributed by atoms with E-state index >= 15 is 0 Å². The summed E-state index contributed by atoms with van der Waals surface area (Å²) in [5.41, 5.74) is 1.76. The van der Waals surface area contributed by atoms with Crippen molar-refractivity contribution in [3.63, 3.8) is 0 Å². The number of benzene rings is 4. The molecule has 6 rings (SSSR count). The molecule has 0 atom stereocenters. The lowest BCUT2D eigenvalue weighted by Crippen LogP contribution is -2.29. The van der Waals surface area contributed by atoms with E-state index in [1.54, 1.807) is 18.2 Å². The second-order valence-electron chi connectivity index (χ2n) is 9.08. The first-order valence-corrected chi connectivity index (χ1v) is 11.9. The molecule has 0 unspecified atom stereocenters. The van der Waals surface area contributed by atoms with Crippen LogP contribution in [0.15, 0.2) is 84.9 Å². The van der Waals surface area contributed by atoms with Crippen molar-refractivity contribution in [2.45, 2.75) is 0 Å². The molecule has 2 aliphatic heterocycles. The Morgan fingerprint density at radius 3 is 1.52 bits per heavy atom. The number of carboxylic acids is 2. The third kappa shape index (κ3) is 3.58. The molecule has 194 valence electrons. The van der Waals surface area contributed by atoms with Gasteiger partial charge in [0, 0.05) is 0 Å². The number of fused-ring (bicyclic) bond motifs is 2. The number of carbonyl (C=O) groups is 6. The van der Waals surface area contributed by atoms with Gasteiger partial charge in [0.25, 0.3) is 23.6 Å². The van der Waals surface area contributed by atoms with Gasteiger partial charge in [-0.25, -0.2) is 19.4 Å². The number of carboxylic acid groups (broad SMARTS) is 2. The van der Waals surface area contributed by atoms with Gasteiger partial charge in [-0.05, 0) is 77.9 Å². The fraction of sp³-hybridized carbons (Fsp3) is 0. The largest absolute Gasteiger partial charge is 0.478 e. The van der Waals surface area contributed by atoms with Gasteiger partial charge >= 0.3 is 11.9 Å². The molecular formula is C30H16N2O8. The minimum Gasteiger partial charge on any atom is -0.478 e. The Morgan fingerprint density at radius 1 is 0.500 bits per heavy atom. The van der Waals surface area contributed by atoms with Crippen molar-refractivity contribution < 1.29 is 39.0 Å². The fourth-order valence-electron chi connectivity index (χ4n) is 4.91. The van der Waals surface area contributed by atoms with Crippen molar-refractivity contribution >= 4 is 46.9 Å². The molecule has 4 aromatic rings. The number of imide groups is 2. The Hall–Kier alpha value is -5.90. The molecule has 0 radical (unpaired) electrons. The first-order chi connectivity index (χ1) is 19.2. The molecule has 0 saturated carbocycles. The Kier molecular flexibility index (Phi) is 5.40. The van der Waals surface area contributed by atoms with E-state index in [0.717, 1.165) is 9.80 Å². The summed E-state index contributed by atoms with van der Waals surface area (Å²) in [6.45, 7) is 0. The van der Waals surface area contributed by atoms with Crippen LogP contribution in [0, 0.1) is 0 Å². The number of hydrogen-bond acceptors (Lipinski definition) is 6. The lowest BCUT2D eigenvalue weighted by molar-refractivity contribution is 0.0686. The van der Waals surface area contributed by atoms with Crippen LogP contribution < -0.4 is 9.80 Å². The maximum Gasteiger partial charge on any atom is 0.335 e. The van der Waals surface area contributed by atoms with Gasteiger partial charge in [-0.3, -0.25) is 19.2 Å². The molecule has 4 aromatic carbocycles. The minimum absolute atomic E-state index is 0.00489. The maximum absolute atomic E-state index is 13.5. The van der Waals surface area contributed by atoms with Gasteiger partial charge in [0.2, 0.25) is 0 Å². The molecular weight excluding hydrogens is 516 g/mol. The number of carbonyl (C=O) groups excluding carboxylic acids is 4. The van der Waals surface area contributed by atoms with Crippen LogP contribution in [0.3, 0.4) is 0 Å². The Labute approximate surface area is 225 Å². The van der Waals surface area contributed by atoms with Gasteiger partial charge < -0.3 is 10.2 Å². The van der Waals surface area contributed by atoms with Gasteiger partial charge in [0.05, 0.1) is 44.8 Å². The van der Waals surface area contributed by atoms with E-state index in [4.69, 9.17) is 10.2 Å². The normalized spacial score (nSPS) is 14.0. The van der Waals surface area contributed by atoms with E-state index in [-0.39, 0.29) is 44.8 Å². The summed E-state index contributed by atoms with van der Waals surface area (Å²) in [5, 5.41) is 18.3. The van der Waals surface area contributed by atoms with Crippen LogP contribution in [0.5, 0.6) is 0 Å². The smallest absolute Gasteiger partial charge is 0.335 e. The molecule has 0 fully saturated rings. The van der Waals surface area contributed by atoms with Crippen LogP contribution in [-0.4, -0.2) is 45.8 Å². The highest BCUT2D eigenvalue weighted by Gasteiger charge is 2.40. The molecule has 0 spiro atoms. The molecule has 10 heteroatoms. The standard InChI is InChI=1S/C30H16N2O8/c33-25-21-13-8-17(14-23(21)27(35)31(25)18-9-4-15(5-10-18)29(37)38)20-2-1-3-22-24(20)28(36)32(26(22)34)19-11-6-16(7-12-19)30(39)40/h1-14H,(H,37,38)(H,39,40). The molecule has 0 saturated heterocycles. The van der Waals surface area contributed by atoms with Gasteiger partial charge in [0.15, 0.2) is 0 Å². The Bertz CT molecular complexity index is 1820. The van der Waals surface area contributed by atoms with Crippen molar-refractivity contribution in [2.75, 3.05) is 9.80 Å². The second-order valence-corrected chi connectivity index (χ2v) is 9.08. The summed E-state index contributed by atoms with van der Waals surface area (Å²) in [5.74, 6) is -4.65. The number of amides is 4. The van der Waals surface area contributed by atoms with E-state index < -0.39 is 35.6 Å². The third-order valence-electron chi connectivity index (χ3n) is 6.86. The molecule has 0 aliphatic carbocycles. The zero-order chi connectivity index (χ0) is 28.3. The zero-order valence-electron chi connectivity index (χ0n) is 20.3. The lowest BCUT2D eigenvalue weighted by atomic mass is 9.94. The van der Waals surface area contributed by atoms with Crippen molar-refractivity contribution in [2.24, 2.45) is 0 Å². The topological polar surface area (TPSA) is 149 Å². The highest BCUT2D eigenvalue weighted by molar-refractivity contribution is 6.37. The molecule has 10 nitrogen and oxygen atoms in total. The van der Waals surface area contributed by atoms with Crippen LogP contribution in [-0.2, 0) is 0 Å². The zero-order valence-corrected chi connectivity index (χ0v) is 20.3. The van der Waals surface area contributed by atoms with E-state index in [0.29, 0.717) is 11.1 Å². The number of rotatable bonds is 5. The molecule has 0 aromatic heterocycles. The highest BCUT2D eigenvalue weighted by atomic mass is 16.4. The first-order valence-electron chi connectivity index (χ1n) is 11.9. The fourth-order valence-corrected chi connectivity index (χ4v) is 4.91. The summed E-state index contributed by atoms with van der Waals surface area (Å²) in [7, 11) is 0. The van der Waals surface area contributed by atoms with Gasteiger partial charge in [-0.15, -0.1) is 0 Å². The quantitative estimate of drug-likeness (QED) is 0.360. The van der Waals surface area contributed by atoms with Crippen molar-refractivity contribution in [1.82, 2.24) is 0 Å². The molecule has 2 aliphatic rings. The van der Waals surface area contributed by atoms with E-state index in [1.807, 2.05) is 0 Å². The highest BCUT2D eigenvalue weighted by Crippen LogP contribution is 2.37. The van der Waals surface area contributed by atoms with Crippen LogP contribution in [0.1, 0.15) is 62.1 Å². The molecule has 2 N–H and O–H groups in total. The van der Waals surface area contributed by atoms with Crippen LogP contribution in [0.2, 0.25) is 0 Å². The average molecular weight is 532 g/mol. The summed E-state index contributed by atoms with van der Waals surface area (Å²) < 4.78 is 0. The molecule has 40 heavy (non-hydrogen) atoms. The average Bonchev–Trinajstić information content (AvgIpc) is 3.36. The van der Waals surface area contributed by atoms with Crippen molar-refractivity contribution in [3.05, 3.63) is 118 Å². The van der Waals surface area contributed by atoms with E-state index in [2.05, 4.69) is 0 Å². The van der Waals surface area contributed by atoms with E-state index in [1.165, 1.54) is 66.7 Å². The molecule has 2 heterocycles. The van der Waals surface area contributed by atoms with Crippen molar-refractivity contribution in [3.8, 4) is 11.1 Å². The SMILES string of the molecule is O=C(O)c1ccc(N2C(=O)c3ccc(-c4cccc5c4C(=O)N(c4ccc(C(=O)O)cc4)C5=O)cc3C2=O)cc1. The summed E-state index contributed by atoms with van der Waals surface area (Å²) >= 11 is 0. The number of anilines is 2. The minimum atomic E-state index is -1.14. The number of aromatic carboxylic acids is 2. The van der Waals surface area contributed by atoms with Crippen LogP contribution in [0.4, 0.5) is 11.4 Å². The predicted molar refractivity (Wildman–Crippen MR) is 141 cm³/mol. The third-order valence-corrected chi connectivity index (χ3v) is 6.86.